The van der Waals surface area contributed by atoms with Crippen LogP contribution in [0.15, 0.2) is 42.5 Å². The Morgan fingerprint density at radius 3 is 2.93 bits per heavy atom. The molecule has 5 rings (SSSR count). The van der Waals surface area contributed by atoms with E-state index in [-0.39, 0.29) is 18.5 Å². The highest BCUT2D eigenvalue weighted by molar-refractivity contribution is 6.33. The molecule has 7 nitrogen and oxygen atoms in total. The van der Waals surface area contributed by atoms with Crippen molar-refractivity contribution < 1.29 is 9.69 Å². The van der Waals surface area contributed by atoms with Crippen molar-refractivity contribution in [2.75, 3.05) is 25.0 Å². The van der Waals surface area contributed by atoms with Crippen LogP contribution in [-0.2, 0) is 11.3 Å². The minimum atomic E-state index is -0.00438. The van der Waals surface area contributed by atoms with Crippen LogP contribution in [-0.4, -0.2) is 52.3 Å². The second-order valence-electron chi connectivity index (χ2n) is 8.32. The number of carbonyl (C=O) groups is 1. The van der Waals surface area contributed by atoms with Gasteiger partial charge in [-0.05, 0) is 35.9 Å². The molecule has 2 aromatic carbocycles. The van der Waals surface area contributed by atoms with Gasteiger partial charge in [0.15, 0.2) is 0 Å². The van der Waals surface area contributed by atoms with Crippen LogP contribution in [0.1, 0.15) is 23.5 Å². The first-order chi connectivity index (χ1) is 14.5. The number of hydrogen-bond acceptors (Lipinski definition) is 4. The topological polar surface area (TPSA) is 68.3 Å². The Bertz CT molecular complexity index is 1110. The van der Waals surface area contributed by atoms with E-state index in [2.05, 4.69) is 47.6 Å². The molecule has 3 aromatic rings. The maximum absolute atomic E-state index is 13.4. The summed E-state index contributed by atoms with van der Waals surface area (Å²) in [6.45, 7) is 4.27. The molecule has 2 aliphatic rings. The molecule has 1 fully saturated rings. The number of nitrogens with one attached hydrogen (secondary N) is 1. The van der Waals surface area contributed by atoms with E-state index < -0.39 is 0 Å². The van der Waals surface area contributed by atoms with Gasteiger partial charge in [-0.2, -0.15) is 4.80 Å². The van der Waals surface area contributed by atoms with E-state index in [1.807, 2.05) is 23.1 Å². The Morgan fingerprint density at radius 2 is 2.10 bits per heavy atom. The molecule has 0 saturated carbocycles. The van der Waals surface area contributed by atoms with Gasteiger partial charge in [0.1, 0.15) is 6.54 Å². The first-order valence-electron chi connectivity index (χ1n) is 10.3. The molecule has 1 unspecified atom stereocenters. The summed E-state index contributed by atoms with van der Waals surface area (Å²) in [5, 5.41) is 13.2. The van der Waals surface area contributed by atoms with Gasteiger partial charge in [0.05, 0.1) is 37.1 Å². The largest absolute Gasteiger partial charge is 0.337 e. The predicted molar refractivity (Wildman–Crippen MR) is 115 cm³/mol. The van der Waals surface area contributed by atoms with Crippen LogP contribution < -0.4 is 9.80 Å². The first-order valence-corrected chi connectivity index (χ1v) is 10.7. The van der Waals surface area contributed by atoms with Crippen LogP contribution in [0, 0.1) is 6.92 Å². The van der Waals surface area contributed by atoms with Crippen molar-refractivity contribution >= 4 is 23.2 Å². The number of rotatable bonds is 3. The van der Waals surface area contributed by atoms with Crippen LogP contribution in [0.2, 0.25) is 5.02 Å². The van der Waals surface area contributed by atoms with Gasteiger partial charge in [-0.15, -0.1) is 10.2 Å². The average molecular weight is 424 g/mol. The SMILES string of the molecule is Cc1ccc2c(c1)[C@@H]1C[NH+](C)CC[C@H]1N2C(=O)Cn1nnc(-c2ccccc2Cl)n1. The van der Waals surface area contributed by atoms with Crippen LogP contribution in [0.3, 0.4) is 0 Å². The Hall–Kier alpha value is -2.77. The van der Waals surface area contributed by atoms with Crippen molar-refractivity contribution in [2.24, 2.45) is 0 Å². The zero-order valence-corrected chi connectivity index (χ0v) is 17.8. The van der Waals surface area contributed by atoms with E-state index in [1.54, 1.807) is 6.07 Å². The molecule has 1 aromatic heterocycles. The molecular formula is C22H24ClN6O+. The maximum Gasteiger partial charge on any atom is 0.250 e. The number of benzene rings is 2. The second kappa shape index (κ2) is 7.49. The molecule has 2 aliphatic heterocycles. The summed E-state index contributed by atoms with van der Waals surface area (Å²) < 4.78 is 0. The quantitative estimate of drug-likeness (QED) is 0.696. The lowest BCUT2D eigenvalue weighted by molar-refractivity contribution is -0.886. The molecule has 0 bridgehead atoms. The Kier molecular flexibility index (Phi) is 4.79. The predicted octanol–water partition coefficient (Wildman–Crippen LogP) is 1.72. The van der Waals surface area contributed by atoms with Crippen LogP contribution in [0.25, 0.3) is 11.4 Å². The van der Waals surface area contributed by atoms with Gasteiger partial charge >= 0.3 is 0 Å². The van der Waals surface area contributed by atoms with Gasteiger partial charge in [-0.3, -0.25) is 4.79 Å². The molecule has 0 aliphatic carbocycles. The lowest BCUT2D eigenvalue weighted by Crippen LogP contribution is -3.11. The molecule has 154 valence electrons. The molecule has 0 spiro atoms. The fourth-order valence-corrected chi connectivity index (χ4v) is 5.00. The summed E-state index contributed by atoms with van der Waals surface area (Å²) in [6.07, 6.45) is 0.992. The van der Waals surface area contributed by atoms with Crippen molar-refractivity contribution in [1.82, 2.24) is 20.2 Å². The number of anilines is 1. The molecule has 30 heavy (non-hydrogen) atoms. The maximum atomic E-state index is 13.4. The number of likely N-dealkylation sites (tertiary alicyclic amines) is 1. The average Bonchev–Trinajstić information content (AvgIpc) is 3.30. The minimum absolute atomic E-state index is 0.00438. The number of nitrogens with zero attached hydrogens (tertiary/aromatic N) is 5. The van der Waals surface area contributed by atoms with Crippen LogP contribution in [0.5, 0.6) is 0 Å². The number of amides is 1. The number of hydrogen-bond donors (Lipinski definition) is 1. The van der Waals surface area contributed by atoms with Gasteiger partial charge < -0.3 is 9.80 Å². The van der Waals surface area contributed by atoms with Crippen molar-refractivity contribution in [3.8, 4) is 11.4 Å². The molecule has 3 atom stereocenters. The lowest BCUT2D eigenvalue weighted by atomic mass is 9.89. The van der Waals surface area contributed by atoms with Gasteiger partial charge in [0, 0.05) is 17.7 Å². The standard InChI is InChI=1S/C22H23ClN6O/c1-14-7-8-19-16(11-14)17-12-27(2)10-9-20(17)29(19)21(30)13-28-25-22(24-26-28)15-5-3-4-6-18(15)23/h3-8,11,17,20H,9-10,12-13H2,1-2H3/p+1/t17-,20+/m0/s1. The van der Waals surface area contributed by atoms with Gasteiger partial charge in [-0.25, -0.2) is 0 Å². The summed E-state index contributed by atoms with van der Waals surface area (Å²) in [5.41, 5.74) is 4.25. The highest BCUT2D eigenvalue weighted by atomic mass is 35.5. The lowest BCUT2D eigenvalue weighted by Gasteiger charge is -2.34. The van der Waals surface area contributed by atoms with Gasteiger partial charge in [0.25, 0.3) is 5.91 Å². The Morgan fingerprint density at radius 1 is 1.27 bits per heavy atom. The number of likely N-dealkylation sites (N-methyl/N-ethyl adjacent to an activating group) is 1. The first kappa shape index (κ1) is 19.2. The molecule has 1 N–H and O–H groups in total. The van der Waals surface area contributed by atoms with E-state index in [1.165, 1.54) is 20.8 Å². The number of fused-ring (bicyclic) bond motifs is 3. The van der Waals surface area contributed by atoms with Gasteiger partial charge in [-0.1, -0.05) is 41.4 Å². The van der Waals surface area contributed by atoms with E-state index in [4.69, 9.17) is 11.6 Å². The summed E-state index contributed by atoms with van der Waals surface area (Å²) in [6, 6.07) is 14.0. The highest BCUT2D eigenvalue weighted by Gasteiger charge is 2.45. The van der Waals surface area contributed by atoms with Crippen molar-refractivity contribution in [3.05, 3.63) is 58.6 Å². The molecule has 8 heteroatoms. The van der Waals surface area contributed by atoms with Crippen molar-refractivity contribution in [3.63, 3.8) is 0 Å². The van der Waals surface area contributed by atoms with E-state index in [0.717, 1.165) is 25.2 Å². The van der Waals surface area contributed by atoms with Gasteiger partial charge in [0.2, 0.25) is 5.82 Å². The summed E-state index contributed by atoms with van der Waals surface area (Å²) in [4.78, 5) is 18.2. The molecule has 1 amide bonds. The zero-order valence-electron chi connectivity index (χ0n) is 17.0. The Balaban J connectivity index is 1.42. The normalized spacial score (nSPS) is 22.6. The smallest absolute Gasteiger partial charge is 0.250 e. The third-order valence-electron chi connectivity index (χ3n) is 6.19. The molecule has 1 saturated heterocycles. The number of piperidine rings is 1. The second-order valence-corrected chi connectivity index (χ2v) is 8.73. The fraction of sp³-hybridized carbons (Fsp3) is 0.364. The zero-order chi connectivity index (χ0) is 20.8. The van der Waals surface area contributed by atoms with Crippen LogP contribution in [0.4, 0.5) is 5.69 Å². The summed E-state index contributed by atoms with van der Waals surface area (Å²) >= 11 is 6.24. The third kappa shape index (κ3) is 3.28. The van der Waals surface area contributed by atoms with E-state index >= 15 is 0 Å². The Labute approximate surface area is 180 Å². The third-order valence-corrected chi connectivity index (χ3v) is 6.52. The highest BCUT2D eigenvalue weighted by Crippen LogP contribution is 2.43. The van der Waals surface area contributed by atoms with Crippen molar-refractivity contribution in [2.45, 2.75) is 31.8 Å². The fourth-order valence-electron chi connectivity index (χ4n) is 4.78. The summed E-state index contributed by atoms with van der Waals surface area (Å²) in [7, 11) is 2.23. The molecule has 3 heterocycles. The van der Waals surface area contributed by atoms with Crippen molar-refractivity contribution in [1.29, 1.82) is 0 Å². The van der Waals surface area contributed by atoms with E-state index in [9.17, 15) is 4.79 Å². The monoisotopic (exact) mass is 423 g/mol. The number of tetrazole rings is 1. The number of quaternary nitrogens is 1. The summed E-state index contributed by atoms with van der Waals surface area (Å²) in [5.74, 6) is 0.793. The number of halogens is 1. The van der Waals surface area contributed by atoms with E-state index in [0.29, 0.717) is 22.3 Å². The number of aromatic nitrogens is 4. The molecular weight excluding hydrogens is 400 g/mol. The number of carbonyl (C=O) groups excluding carboxylic acids is 1. The van der Waals surface area contributed by atoms with Crippen LogP contribution >= 0.6 is 11.6 Å². The minimum Gasteiger partial charge on any atom is -0.337 e. The number of aryl methyl sites for hydroxylation is 1. The molecule has 0 radical (unpaired) electrons.